The molecule has 28 heavy (non-hydrogen) atoms. The van der Waals surface area contributed by atoms with Crippen LogP contribution in [0.15, 0.2) is 29.3 Å². The molecule has 2 saturated heterocycles. The Hall–Kier alpha value is -2.24. The molecule has 1 aromatic carbocycles. The van der Waals surface area contributed by atoms with E-state index >= 15 is 0 Å². The second kappa shape index (κ2) is 8.84. The zero-order valence-electron chi connectivity index (χ0n) is 17.0. The van der Waals surface area contributed by atoms with Gasteiger partial charge in [-0.3, -0.25) is 4.79 Å². The number of rotatable bonds is 4. The molecule has 4 rings (SSSR count). The van der Waals surface area contributed by atoms with Crippen molar-refractivity contribution in [1.29, 1.82) is 0 Å². The number of amides is 1. The number of benzene rings is 1. The fourth-order valence-corrected chi connectivity index (χ4v) is 4.84. The fourth-order valence-electron chi connectivity index (χ4n) is 4.84. The van der Waals surface area contributed by atoms with Gasteiger partial charge in [0.05, 0.1) is 13.1 Å². The molecule has 1 aliphatic carbocycles. The van der Waals surface area contributed by atoms with E-state index in [1.54, 1.807) is 0 Å². The molecule has 0 radical (unpaired) electrons. The van der Waals surface area contributed by atoms with E-state index in [1.165, 1.54) is 31.2 Å². The minimum Gasteiger partial charge on any atom is -0.360 e. The summed E-state index contributed by atoms with van der Waals surface area (Å²) in [4.78, 5) is 21.1. The highest BCUT2D eigenvalue weighted by atomic mass is 16.2. The molecule has 1 saturated carbocycles. The molecule has 2 heterocycles. The number of hydrogen-bond donors (Lipinski definition) is 2. The third-order valence-corrected chi connectivity index (χ3v) is 6.36. The number of guanidine groups is 1. The van der Waals surface area contributed by atoms with Gasteiger partial charge in [-0.2, -0.15) is 0 Å². The Labute approximate surface area is 168 Å². The van der Waals surface area contributed by atoms with Crippen LogP contribution in [0, 0.1) is 11.8 Å². The first-order valence-electron chi connectivity index (χ1n) is 10.9. The molecule has 2 N–H and O–H groups in total. The maximum atomic E-state index is 11.6. The minimum atomic E-state index is 0.0985. The van der Waals surface area contributed by atoms with Gasteiger partial charge in [-0.25, -0.2) is 4.99 Å². The van der Waals surface area contributed by atoms with Gasteiger partial charge in [-0.1, -0.05) is 25.0 Å². The van der Waals surface area contributed by atoms with Crippen molar-refractivity contribution in [2.24, 2.45) is 16.8 Å². The topological polar surface area (TPSA) is 60.0 Å². The first-order valence-corrected chi connectivity index (χ1v) is 10.9. The van der Waals surface area contributed by atoms with Crippen molar-refractivity contribution in [3.8, 4) is 0 Å². The summed E-state index contributed by atoms with van der Waals surface area (Å²) in [5.41, 5.74) is 2.32. The summed E-state index contributed by atoms with van der Waals surface area (Å²) in [7, 11) is 0. The van der Waals surface area contributed by atoms with Crippen molar-refractivity contribution in [1.82, 2.24) is 15.5 Å². The van der Waals surface area contributed by atoms with E-state index in [-0.39, 0.29) is 5.91 Å². The smallest absolute Gasteiger partial charge is 0.239 e. The molecular weight excluding hydrogens is 350 g/mol. The van der Waals surface area contributed by atoms with Crippen molar-refractivity contribution in [2.45, 2.75) is 39.2 Å². The van der Waals surface area contributed by atoms with Gasteiger partial charge in [-0.15, -0.1) is 0 Å². The molecule has 6 nitrogen and oxygen atoms in total. The quantitative estimate of drug-likeness (QED) is 0.618. The molecule has 0 aromatic heterocycles. The Bertz CT molecular complexity index is 687. The average Bonchev–Trinajstić information content (AvgIpc) is 3.15. The number of anilines is 1. The monoisotopic (exact) mass is 383 g/mol. The summed E-state index contributed by atoms with van der Waals surface area (Å²) < 4.78 is 0. The predicted molar refractivity (Wildman–Crippen MR) is 114 cm³/mol. The Morgan fingerprint density at radius 1 is 1.18 bits per heavy atom. The zero-order valence-corrected chi connectivity index (χ0v) is 17.0. The van der Waals surface area contributed by atoms with Crippen LogP contribution in [-0.4, -0.2) is 56.0 Å². The number of nitrogens with zero attached hydrogens (tertiary/aromatic N) is 3. The molecule has 152 valence electrons. The van der Waals surface area contributed by atoms with Crippen LogP contribution in [-0.2, 0) is 11.3 Å². The summed E-state index contributed by atoms with van der Waals surface area (Å²) >= 11 is 0. The van der Waals surface area contributed by atoms with Crippen LogP contribution < -0.4 is 15.5 Å². The second-order valence-electron chi connectivity index (χ2n) is 8.32. The summed E-state index contributed by atoms with van der Waals surface area (Å²) in [6, 6.07) is 8.50. The lowest BCUT2D eigenvalue weighted by Gasteiger charge is -2.28. The molecule has 0 bridgehead atoms. The maximum absolute atomic E-state index is 11.6. The normalized spacial score (nSPS) is 25.5. The molecule has 2 aliphatic heterocycles. The lowest BCUT2D eigenvalue weighted by atomic mass is 9.82. The van der Waals surface area contributed by atoms with E-state index in [1.807, 2.05) is 0 Å². The molecular formula is C22H33N5O. The van der Waals surface area contributed by atoms with Gasteiger partial charge in [0, 0.05) is 38.4 Å². The largest absolute Gasteiger partial charge is 0.360 e. The number of hydrogen-bond acceptors (Lipinski definition) is 3. The van der Waals surface area contributed by atoms with E-state index in [0.717, 1.165) is 56.2 Å². The van der Waals surface area contributed by atoms with Crippen molar-refractivity contribution in [2.75, 3.05) is 44.2 Å². The standard InChI is InChI=1S/C22H33N5O/c1-2-23-22(27-14-18-5-3-4-6-19(18)15-27)25-13-17-7-9-20(10-8-17)26-12-11-24-21(28)16-26/h7-10,18-19H,2-6,11-16H2,1H3,(H,23,25)(H,24,28). The number of carbonyl (C=O) groups is 1. The molecule has 1 aromatic rings. The van der Waals surface area contributed by atoms with Crippen LogP contribution in [0.4, 0.5) is 5.69 Å². The molecule has 6 heteroatoms. The van der Waals surface area contributed by atoms with Crippen LogP contribution in [0.25, 0.3) is 0 Å². The average molecular weight is 384 g/mol. The van der Waals surface area contributed by atoms with Gasteiger partial charge < -0.3 is 20.4 Å². The third kappa shape index (κ3) is 4.42. The molecule has 3 aliphatic rings. The highest BCUT2D eigenvalue weighted by molar-refractivity contribution is 5.82. The van der Waals surface area contributed by atoms with E-state index in [2.05, 4.69) is 51.6 Å². The number of aliphatic imine (C=N–C) groups is 1. The Kier molecular flexibility index (Phi) is 6.03. The van der Waals surface area contributed by atoms with Crippen molar-refractivity contribution in [3.63, 3.8) is 0 Å². The van der Waals surface area contributed by atoms with Gasteiger partial charge in [0.2, 0.25) is 5.91 Å². The molecule has 3 fully saturated rings. The first-order chi connectivity index (χ1) is 13.7. The number of fused-ring (bicyclic) bond motifs is 1. The van der Waals surface area contributed by atoms with E-state index < -0.39 is 0 Å². The molecule has 2 atom stereocenters. The maximum Gasteiger partial charge on any atom is 0.239 e. The van der Waals surface area contributed by atoms with Crippen LogP contribution in [0.3, 0.4) is 0 Å². The van der Waals surface area contributed by atoms with Gasteiger partial charge in [0.15, 0.2) is 5.96 Å². The fraction of sp³-hybridized carbons (Fsp3) is 0.636. The molecule has 2 unspecified atom stereocenters. The second-order valence-corrected chi connectivity index (χ2v) is 8.32. The van der Waals surface area contributed by atoms with Gasteiger partial charge in [-0.05, 0) is 49.3 Å². The number of likely N-dealkylation sites (tertiary alicyclic amines) is 1. The Balaban J connectivity index is 1.39. The van der Waals surface area contributed by atoms with Gasteiger partial charge >= 0.3 is 0 Å². The molecule has 0 spiro atoms. The summed E-state index contributed by atoms with van der Waals surface area (Å²) in [6.45, 7) is 8.08. The zero-order chi connectivity index (χ0) is 19.3. The summed E-state index contributed by atoms with van der Waals surface area (Å²) in [5.74, 6) is 2.88. The van der Waals surface area contributed by atoms with Crippen LogP contribution in [0.5, 0.6) is 0 Å². The number of piperazine rings is 1. The van der Waals surface area contributed by atoms with Gasteiger partial charge in [0.1, 0.15) is 0 Å². The Morgan fingerprint density at radius 2 is 1.89 bits per heavy atom. The summed E-state index contributed by atoms with van der Waals surface area (Å²) in [6.07, 6.45) is 5.56. The SMILES string of the molecule is CCNC(=NCc1ccc(N2CCNC(=O)C2)cc1)N1CC2CCCCC2C1. The lowest BCUT2D eigenvalue weighted by molar-refractivity contribution is -0.120. The minimum absolute atomic E-state index is 0.0985. The summed E-state index contributed by atoms with van der Waals surface area (Å²) in [5, 5.41) is 6.37. The van der Waals surface area contributed by atoms with E-state index in [0.29, 0.717) is 13.1 Å². The van der Waals surface area contributed by atoms with E-state index in [9.17, 15) is 4.79 Å². The number of nitrogens with one attached hydrogen (secondary N) is 2. The number of carbonyl (C=O) groups excluding carboxylic acids is 1. The van der Waals surface area contributed by atoms with Crippen molar-refractivity contribution in [3.05, 3.63) is 29.8 Å². The van der Waals surface area contributed by atoms with Crippen LogP contribution in [0.2, 0.25) is 0 Å². The van der Waals surface area contributed by atoms with Gasteiger partial charge in [0.25, 0.3) is 0 Å². The first kappa shape index (κ1) is 19.1. The third-order valence-electron chi connectivity index (χ3n) is 6.36. The Morgan fingerprint density at radius 3 is 2.54 bits per heavy atom. The highest BCUT2D eigenvalue weighted by Gasteiger charge is 2.35. The lowest BCUT2D eigenvalue weighted by Crippen LogP contribution is -2.47. The van der Waals surface area contributed by atoms with E-state index in [4.69, 9.17) is 4.99 Å². The van der Waals surface area contributed by atoms with Crippen molar-refractivity contribution < 1.29 is 4.79 Å². The highest BCUT2D eigenvalue weighted by Crippen LogP contribution is 2.36. The molecule has 1 amide bonds. The van der Waals surface area contributed by atoms with Crippen molar-refractivity contribution >= 4 is 17.6 Å². The van der Waals surface area contributed by atoms with Crippen LogP contribution >= 0.6 is 0 Å². The van der Waals surface area contributed by atoms with Crippen LogP contribution in [0.1, 0.15) is 38.2 Å². The predicted octanol–water partition coefficient (Wildman–Crippen LogP) is 2.21.